The minimum Gasteiger partial charge on any atom is -0.509 e. The normalized spacial score (nSPS) is 27.0. The third-order valence-corrected chi connectivity index (χ3v) is 1.19. The molecule has 1 rings (SSSR count). The maximum atomic E-state index is 8.82. The van der Waals surface area contributed by atoms with Gasteiger partial charge in [-0.3, -0.25) is 0 Å². The molecule has 1 aliphatic rings. The van der Waals surface area contributed by atoms with E-state index in [1.54, 1.807) is 0 Å². The molecule has 0 saturated carbocycles. The lowest BCUT2D eigenvalue weighted by Gasteiger charge is -2.10. The molecule has 0 radical (unpaired) electrons. The largest absolute Gasteiger partial charge is 0.509 e. The van der Waals surface area contributed by atoms with Crippen molar-refractivity contribution in [2.75, 3.05) is 0 Å². The minimum absolute atomic E-state index is 0.0119. The molecule has 1 aliphatic carbocycles. The average Bonchev–Trinajstić information content (AvgIpc) is 1.80. The summed E-state index contributed by atoms with van der Waals surface area (Å²) in [6, 6.07) is 0. The fourth-order valence-electron chi connectivity index (χ4n) is 0.660. The van der Waals surface area contributed by atoms with E-state index in [9.17, 15) is 0 Å². The minimum atomic E-state index is -0.833. The number of aliphatic hydroxyl groups is 3. The van der Waals surface area contributed by atoms with Crippen LogP contribution in [0.3, 0.4) is 0 Å². The molecule has 0 aromatic rings. The number of allylic oxidation sites excluding steroid dienone is 1. The standard InChI is InChI=1S/C6H8O3/c7-4-1-2-5(8)6(9)3-4/h1,3,5,7-9H,2H2. The Hall–Kier alpha value is -0.960. The number of rotatable bonds is 0. The van der Waals surface area contributed by atoms with Crippen molar-refractivity contribution in [3.63, 3.8) is 0 Å². The van der Waals surface area contributed by atoms with Crippen molar-refractivity contribution >= 4 is 0 Å². The highest BCUT2D eigenvalue weighted by atomic mass is 16.3. The Morgan fingerprint density at radius 2 is 2.11 bits per heavy atom. The lowest BCUT2D eigenvalue weighted by molar-refractivity contribution is 0.150. The first-order valence-electron chi connectivity index (χ1n) is 2.68. The summed E-state index contributed by atoms with van der Waals surface area (Å²) in [5, 5.41) is 26.3. The van der Waals surface area contributed by atoms with E-state index < -0.39 is 6.10 Å². The summed E-state index contributed by atoms with van der Waals surface area (Å²) in [4.78, 5) is 0. The van der Waals surface area contributed by atoms with Gasteiger partial charge in [-0.15, -0.1) is 0 Å². The molecule has 0 amide bonds. The van der Waals surface area contributed by atoms with Gasteiger partial charge in [-0.1, -0.05) is 0 Å². The zero-order valence-corrected chi connectivity index (χ0v) is 4.78. The Morgan fingerprint density at radius 3 is 2.56 bits per heavy atom. The van der Waals surface area contributed by atoms with Crippen LogP contribution in [-0.4, -0.2) is 21.4 Å². The van der Waals surface area contributed by atoms with E-state index in [-0.39, 0.29) is 17.9 Å². The van der Waals surface area contributed by atoms with Gasteiger partial charge in [-0.05, 0) is 6.08 Å². The van der Waals surface area contributed by atoms with Gasteiger partial charge >= 0.3 is 0 Å². The third kappa shape index (κ3) is 1.23. The quantitative estimate of drug-likeness (QED) is 0.448. The van der Waals surface area contributed by atoms with E-state index >= 15 is 0 Å². The second-order valence-electron chi connectivity index (χ2n) is 1.95. The second kappa shape index (κ2) is 2.11. The maximum absolute atomic E-state index is 8.82. The van der Waals surface area contributed by atoms with Crippen molar-refractivity contribution in [1.82, 2.24) is 0 Å². The number of aliphatic hydroxyl groups excluding tert-OH is 3. The van der Waals surface area contributed by atoms with Crippen molar-refractivity contribution in [2.45, 2.75) is 12.5 Å². The fourth-order valence-corrected chi connectivity index (χ4v) is 0.660. The summed E-state index contributed by atoms with van der Waals surface area (Å²) in [6.07, 6.45) is 2.04. The van der Waals surface area contributed by atoms with E-state index in [1.165, 1.54) is 6.08 Å². The van der Waals surface area contributed by atoms with Crippen molar-refractivity contribution in [2.24, 2.45) is 0 Å². The first-order chi connectivity index (χ1) is 4.20. The molecule has 0 aliphatic heterocycles. The van der Waals surface area contributed by atoms with Crippen molar-refractivity contribution in [3.05, 3.63) is 23.7 Å². The molecule has 1 atom stereocenters. The zero-order chi connectivity index (χ0) is 6.85. The van der Waals surface area contributed by atoms with Gasteiger partial charge in [0.2, 0.25) is 0 Å². The van der Waals surface area contributed by atoms with Crippen molar-refractivity contribution < 1.29 is 15.3 Å². The van der Waals surface area contributed by atoms with Crippen molar-refractivity contribution in [1.29, 1.82) is 0 Å². The predicted molar refractivity (Wildman–Crippen MR) is 32.0 cm³/mol. The molecule has 0 saturated heterocycles. The summed E-state index contributed by atoms with van der Waals surface area (Å²) in [6.45, 7) is 0. The summed E-state index contributed by atoms with van der Waals surface area (Å²) < 4.78 is 0. The van der Waals surface area contributed by atoms with Gasteiger partial charge in [0.25, 0.3) is 0 Å². The molecule has 0 spiro atoms. The highest BCUT2D eigenvalue weighted by Crippen LogP contribution is 2.13. The summed E-state index contributed by atoms with van der Waals surface area (Å²) in [5.41, 5.74) is 0. The van der Waals surface area contributed by atoms with E-state index in [0.717, 1.165) is 6.08 Å². The molecule has 0 fully saturated rings. The lowest BCUT2D eigenvalue weighted by Crippen LogP contribution is -2.12. The van der Waals surface area contributed by atoms with E-state index in [2.05, 4.69) is 0 Å². The van der Waals surface area contributed by atoms with Gasteiger partial charge in [0.05, 0.1) is 0 Å². The summed E-state index contributed by atoms with van der Waals surface area (Å²) >= 11 is 0. The highest BCUT2D eigenvalue weighted by molar-refractivity contribution is 5.21. The van der Waals surface area contributed by atoms with Gasteiger partial charge in [-0.2, -0.15) is 0 Å². The monoisotopic (exact) mass is 128 g/mol. The van der Waals surface area contributed by atoms with Crippen LogP contribution in [0.1, 0.15) is 6.42 Å². The van der Waals surface area contributed by atoms with Crippen LogP contribution in [0.4, 0.5) is 0 Å². The summed E-state index contributed by atoms with van der Waals surface area (Å²) in [5.74, 6) is -0.159. The van der Waals surface area contributed by atoms with E-state index in [1.807, 2.05) is 0 Å². The first-order valence-corrected chi connectivity index (χ1v) is 2.68. The zero-order valence-electron chi connectivity index (χ0n) is 4.78. The molecule has 50 valence electrons. The predicted octanol–water partition coefficient (Wildman–Crippen LogP) is 0.635. The fraction of sp³-hybridized carbons (Fsp3) is 0.333. The Labute approximate surface area is 52.6 Å². The second-order valence-corrected chi connectivity index (χ2v) is 1.95. The molecular weight excluding hydrogens is 120 g/mol. The van der Waals surface area contributed by atoms with Crippen LogP contribution in [0.15, 0.2) is 23.7 Å². The molecule has 0 heterocycles. The number of hydrogen-bond acceptors (Lipinski definition) is 3. The number of hydrogen-bond donors (Lipinski definition) is 3. The Balaban J connectivity index is 2.74. The Morgan fingerprint density at radius 1 is 1.44 bits per heavy atom. The molecule has 0 aromatic carbocycles. The molecule has 3 heteroatoms. The maximum Gasteiger partial charge on any atom is 0.125 e. The molecule has 3 nitrogen and oxygen atoms in total. The molecule has 1 unspecified atom stereocenters. The Bertz CT molecular complexity index is 169. The van der Waals surface area contributed by atoms with Crippen LogP contribution in [0, 0.1) is 0 Å². The molecular formula is C6H8O3. The van der Waals surface area contributed by atoms with Crippen LogP contribution in [-0.2, 0) is 0 Å². The van der Waals surface area contributed by atoms with Gasteiger partial charge in [-0.25, -0.2) is 0 Å². The summed E-state index contributed by atoms with van der Waals surface area (Å²) in [7, 11) is 0. The van der Waals surface area contributed by atoms with Crippen LogP contribution >= 0.6 is 0 Å². The molecule has 0 aromatic heterocycles. The van der Waals surface area contributed by atoms with Crippen LogP contribution < -0.4 is 0 Å². The molecule has 3 N–H and O–H groups in total. The Kier molecular flexibility index (Phi) is 1.44. The van der Waals surface area contributed by atoms with Crippen molar-refractivity contribution in [3.8, 4) is 0 Å². The third-order valence-electron chi connectivity index (χ3n) is 1.19. The lowest BCUT2D eigenvalue weighted by atomic mass is 10.1. The van der Waals surface area contributed by atoms with Gasteiger partial charge in [0.1, 0.15) is 17.6 Å². The van der Waals surface area contributed by atoms with Gasteiger partial charge in [0.15, 0.2) is 0 Å². The highest BCUT2D eigenvalue weighted by Gasteiger charge is 2.12. The molecule has 0 bridgehead atoms. The SMILES string of the molecule is OC1=CCC(O)C(O)=C1. The first kappa shape index (κ1) is 6.16. The smallest absolute Gasteiger partial charge is 0.125 e. The van der Waals surface area contributed by atoms with E-state index in [0.29, 0.717) is 0 Å². The van der Waals surface area contributed by atoms with Crippen LogP contribution in [0.5, 0.6) is 0 Å². The van der Waals surface area contributed by atoms with Crippen LogP contribution in [0.25, 0.3) is 0 Å². The van der Waals surface area contributed by atoms with Gasteiger partial charge in [0, 0.05) is 12.5 Å². The van der Waals surface area contributed by atoms with Crippen LogP contribution in [0.2, 0.25) is 0 Å². The van der Waals surface area contributed by atoms with Gasteiger partial charge < -0.3 is 15.3 Å². The van der Waals surface area contributed by atoms with E-state index in [4.69, 9.17) is 15.3 Å². The topological polar surface area (TPSA) is 60.7 Å². The average molecular weight is 128 g/mol. The molecule has 9 heavy (non-hydrogen) atoms.